The van der Waals surface area contributed by atoms with Crippen LogP contribution in [0.2, 0.25) is 0 Å². The van der Waals surface area contributed by atoms with Gasteiger partial charge in [-0.25, -0.2) is 0 Å². The Bertz CT molecular complexity index is 431. The molecule has 1 aliphatic heterocycles. The summed E-state index contributed by atoms with van der Waals surface area (Å²) >= 11 is 0. The van der Waals surface area contributed by atoms with Crippen LogP contribution in [-0.2, 0) is 9.53 Å². The first-order valence-electron chi connectivity index (χ1n) is 8.22. The molecule has 3 rings (SSSR count). The van der Waals surface area contributed by atoms with Crippen LogP contribution in [0.4, 0.5) is 0 Å². The highest BCUT2D eigenvalue weighted by molar-refractivity contribution is 5.89. The fourth-order valence-electron chi connectivity index (χ4n) is 4.64. The summed E-state index contributed by atoms with van der Waals surface area (Å²) in [6, 6.07) is 0. The summed E-state index contributed by atoms with van der Waals surface area (Å²) < 4.78 is 5.83. The summed E-state index contributed by atoms with van der Waals surface area (Å²) in [5, 5.41) is 13.3. The minimum atomic E-state index is -0.882. The summed E-state index contributed by atoms with van der Waals surface area (Å²) in [7, 11) is 0. The molecule has 1 saturated heterocycles. The van der Waals surface area contributed by atoms with Crippen LogP contribution >= 0.6 is 0 Å². The second-order valence-corrected chi connectivity index (χ2v) is 7.74. The average molecular weight is 296 g/mol. The van der Waals surface area contributed by atoms with Crippen LogP contribution in [0, 0.1) is 11.3 Å². The van der Waals surface area contributed by atoms with E-state index in [1.165, 1.54) is 0 Å². The number of ether oxygens (including phenoxy) is 1. The number of fused-ring (bicyclic) bond motifs is 1. The topological polar surface area (TPSA) is 84.6 Å². The zero-order chi connectivity index (χ0) is 15.3. The molecule has 5 heteroatoms. The Morgan fingerprint density at radius 1 is 1.33 bits per heavy atom. The molecule has 0 bridgehead atoms. The summed E-state index contributed by atoms with van der Waals surface area (Å²) in [6.07, 6.45) is 5.59. The Morgan fingerprint density at radius 3 is 2.67 bits per heavy atom. The van der Waals surface area contributed by atoms with E-state index in [9.17, 15) is 9.90 Å². The molecule has 1 amide bonds. The highest BCUT2D eigenvalue weighted by atomic mass is 16.5. The fraction of sp³-hybridized carbons (Fsp3) is 0.938. The second kappa shape index (κ2) is 4.93. The van der Waals surface area contributed by atoms with Crippen LogP contribution in [0.25, 0.3) is 0 Å². The third-order valence-electron chi connectivity index (χ3n) is 6.17. The minimum absolute atomic E-state index is 0.0802. The molecule has 3 fully saturated rings. The van der Waals surface area contributed by atoms with Crippen molar-refractivity contribution < 1.29 is 14.6 Å². The molecule has 3 aliphatic rings. The second-order valence-electron chi connectivity index (χ2n) is 7.74. The molecule has 21 heavy (non-hydrogen) atoms. The molecule has 2 aliphatic carbocycles. The normalized spacial score (nSPS) is 40.2. The SMILES string of the molecule is CC1(C)C2OCCCC2C1(N)C(=O)NCC1(O)CCCC1. The van der Waals surface area contributed by atoms with Crippen LogP contribution in [0.15, 0.2) is 0 Å². The fourth-order valence-corrected chi connectivity index (χ4v) is 4.64. The highest BCUT2D eigenvalue weighted by Gasteiger charge is 2.70. The van der Waals surface area contributed by atoms with Crippen molar-refractivity contribution in [2.24, 2.45) is 17.1 Å². The first-order valence-corrected chi connectivity index (χ1v) is 8.22. The lowest BCUT2D eigenvalue weighted by Gasteiger charge is -2.65. The molecular formula is C16H28N2O3. The number of nitrogens with one attached hydrogen (secondary N) is 1. The van der Waals surface area contributed by atoms with E-state index in [2.05, 4.69) is 5.32 Å². The molecule has 3 atom stereocenters. The standard InChI is InChI=1S/C16H28N2O3/c1-14(2)12-11(6-5-9-21-12)16(14,17)13(19)18-10-15(20)7-3-4-8-15/h11-12,20H,3-10,17H2,1-2H3,(H,18,19). The largest absolute Gasteiger partial charge is 0.388 e. The first kappa shape index (κ1) is 15.3. The number of nitrogens with two attached hydrogens (primary N) is 1. The number of amides is 1. The molecule has 0 aromatic heterocycles. The zero-order valence-electron chi connectivity index (χ0n) is 13.2. The van der Waals surface area contributed by atoms with E-state index in [-0.39, 0.29) is 23.3 Å². The number of rotatable bonds is 3. The Balaban J connectivity index is 1.68. The van der Waals surface area contributed by atoms with Crippen molar-refractivity contribution >= 4 is 5.91 Å². The molecule has 3 unspecified atom stereocenters. The quantitative estimate of drug-likeness (QED) is 0.723. The molecule has 4 N–H and O–H groups in total. The Kier molecular flexibility index (Phi) is 3.58. The van der Waals surface area contributed by atoms with Gasteiger partial charge < -0.3 is 20.9 Å². The van der Waals surface area contributed by atoms with Crippen molar-refractivity contribution in [2.45, 2.75) is 69.6 Å². The average Bonchev–Trinajstić information content (AvgIpc) is 2.91. The zero-order valence-corrected chi connectivity index (χ0v) is 13.2. The van der Waals surface area contributed by atoms with Crippen LogP contribution in [-0.4, -0.2) is 41.4 Å². The van der Waals surface area contributed by atoms with Crippen molar-refractivity contribution in [3.63, 3.8) is 0 Å². The van der Waals surface area contributed by atoms with Crippen molar-refractivity contribution in [1.82, 2.24) is 5.32 Å². The van der Waals surface area contributed by atoms with Gasteiger partial charge in [-0.3, -0.25) is 4.79 Å². The maximum atomic E-state index is 12.7. The summed E-state index contributed by atoms with van der Waals surface area (Å²) in [6.45, 7) is 5.12. The molecule has 1 heterocycles. The Labute approximate surface area is 126 Å². The van der Waals surface area contributed by atoms with Crippen molar-refractivity contribution in [3.05, 3.63) is 0 Å². The van der Waals surface area contributed by atoms with E-state index in [0.29, 0.717) is 6.54 Å². The monoisotopic (exact) mass is 296 g/mol. The summed E-state index contributed by atoms with van der Waals surface area (Å²) in [4.78, 5) is 12.7. The van der Waals surface area contributed by atoms with E-state index < -0.39 is 11.1 Å². The predicted octanol–water partition coefficient (Wildman–Crippen LogP) is 0.940. The lowest BCUT2D eigenvalue weighted by atomic mass is 9.46. The lowest BCUT2D eigenvalue weighted by molar-refractivity contribution is -0.225. The van der Waals surface area contributed by atoms with E-state index in [0.717, 1.165) is 45.1 Å². The third kappa shape index (κ3) is 2.13. The molecular weight excluding hydrogens is 268 g/mol. The smallest absolute Gasteiger partial charge is 0.241 e. The number of aliphatic hydroxyl groups is 1. The maximum absolute atomic E-state index is 12.7. The van der Waals surface area contributed by atoms with Crippen molar-refractivity contribution in [3.8, 4) is 0 Å². The van der Waals surface area contributed by atoms with Gasteiger partial charge in [0.05, 0.1) is 11.7 Å². The maximum Gasteiger partial charge on any atom is 0.241 e. The van der Waals surface area contributed by atoms with Crippen LogP contribution < -0.4 is 11.1 Å². The molecule has 5 nitrogen and oxygen atoms in total. The van der Waals surface area contributed by atoms with Crippen LogP contribution in [0.5, 0.6) is 0 Å². The molecule has 0 radical (unpaired) electrons. The van der Waals surface area contributed by atoms with Crippen molar-refractivity contribution in [1.29, 1.82) is 0 Å². The minimum Gasteiger partial charge on any atom is -0.388 e. The van der Waals surface area contributed by atoms with Gasteiger partial charge in [0.25, 0.3) is 0 Å². The lowest BCUT2D eigenvalue weighted by Crippen LogP contribution is -2.82. The van der Waals surface area contributed by atoms with Gasteiger partial charge in [-0.15, -0.1) is 0 Å². The van der Waals surface area contributed by atoms with Crippen LogP contribution in [0.3, 0.4) is 0 Å². The molecule has 2 saturated carbocycles. The first-order chi connectivity index (χ1) is 9.81. The highest BCUT2D eigenvalue weighted by Crippen LogP contribution is 2.57. The number of hydrogen-bond donors (Lipinski definition) is 3. The van der Waals surface area contributed by atoms with E-state index in [4.69, 9.17) is 10.5 Å². The molecule has 0 aromatic rings. The number of carbonyl (C=O) groups is 1. The van der Waals surface area contributed by atoms with E-state index >= 15 is 0 Å². The third-order valence-corrected chi connectivity index (χ3v) is 6.17. The number of carbonyl (C=O) groups excluding carboxylic acids is 1. The van der Waals surface area contributed by atoms with Gasteiger partial charge in [0.2, 0.25) is 5.91 Å². The molecule has 120 valence electrons. The van der Waals surface area contributed by atoms with Gasteiger partial charge in [0, 0.05) is 24.5 Å². The van der Waals surface area contributed by atoms with E-state index in [1.807, 2.05) is 13.8 Å². The van der Waals surface area contributed by atoms with Crippen molar-refractivity contribution in [2.75, 3.05) is 13.2 Å². The molecule has 0 aromatic carbocycles. The Hall–Kier alpha value is -0.650. The predicted molar refractivity (Wildman–Crippen MR) is 79.6 cm³/mol. The van der Waals surface area contributed by atoms with E-state index in [1.54, 1.807) is 0 Å². The van der Waals surface area contributed by atoms with Gasteiger partial charge in [-0.1, -0.05) is 26.7 Å². The van der Waals surface area contributed by atoms with Gasteiger partial charge in [0.1, 0.15) is 5.54 Å². The molecule has 0 spiro atoms. The van der Waals surface area contributed by atoms with Gasteiger partial charge in [-0.2, -0.15) is 0 Å². The van der Waals surface area contributed by atoms with Gasteiger partial charge >= 0.3 is 0 Å². The van der Waals surface area contributed by atoms with Gasteiger partial charge in [0.15, 0.2) is 0 Å². The Morgan fingerprint density at radius 2 is 2.00 bits per heavy atom. The summed E-state index contributed by atoms with van der Waals surface area (Å²) in [5.41, 5.74) is 4.56. The van der Waals surface area contributed by atoms with Gasteiger partial charge in [-0.05, 0) is 25.7 Å². The van der Waals surface area contributed by atoms with Crippen LogP contribution in [0.1, 0.15) is 52.4 Å². The number of hydrogen-bond acceptors (Lipinski definition) is 4. The summed E-state index contributed by atoms with van der Waals surface area (Å²) in [5.74, 6) is -0.0287.